The molecule has 0 spiro atoms. The second-order valence-electron chi connectivity index (χ2n) is 22.5. The lowest BCUT2D eigenvalue weighted by Crippen LogP contribution is -2.57. The molecule has 98 heavy (non-hydrogen) atoms. The maximum absolute atomic E-state index is 14.2. The molecule has 1 aromatic carbocycles. The van der Waals surface area contributed by atoms with Crippen LogP contribution in [0.25, 0.3) is 0 Å². The van der Waals surface area contributed by atoms with Crippen LogP contribution in [0.15, 0.2) is 24.3 Å². The smallest absolute Gasteiger partial charge is 0.317 e. The van der Waals surface area contributed by atoms with E-state index in [-0.39, 0.29) is 44.9 Å². The number of rotatable bonds is 55. The molecule has 5 atom stereocenters. The zero-order valence-electron chi connectivity index (χ0n) is 54.2. The summed E-state index contributed by atoms with van der Waals surface area (Å²) in [5, 5.41) is 111. The van der Waals surface area contributed by atoms with Crippen molar-refractivity contribution in [2.75, 3.05) is 137 Å². The second-order valence-corrected chi connectivity index (χ2v) is 22.5. The first-order chi connectivity index (χ1) is 45.9. The van der Waals surface area contributed by atoms with Gasteiger partial charge < -0.3 is 88.7 Å². The third-order valence-electron chi connectivity index (χ3n) is 14.3. The minimum atomic E-state index is -1.83. The molecule has 0 saturated carbocycles. The highest BCUT2D eigenvalue weighted by Crippen LogP contribution is 2.12. The number of hydrogen-bond acceptors (Lipinski definition) is 24. The molecule has 1 aromatic rings. The molecule has 1 unspecified atom stereocenters. The summed E-state index contributed by atoms with van der Waals surface area (Å²) in [5.74, 6) is -21.4. The molecule has 0 aromatic heterocycles. The third kappa shape index (κ3) is 38.5. The second kappa shape index (κ2) is 45.4. The van der Waals surface area contributed by atoms with Crippen molar-refractivity contribution in [3.63, 3.8) is 0 Å². The monoisotopic (exact) mass is 1400 g/mol. The SMILES string of the molecule is CC[C@@H](C)C(NC(C)=O)C(=O)N[C@@H](CCC(N)=O)C(=O)NCc1ccc(CNC(=O)CN(CCNC(=O)[C@@H](CN(CCN(CC(=O)O)CC(=O)O)CC(=O)O)N(CC(=O)O)CC(=O)O)CCNC(=O)[C@@H](CN(CCN(CC(=O)O)CC(=O)O)CC(=O)O)N(CC(=O)O)CC(=O)O)cc1. The van der Waals surface area contributed by atoms with E-state index in [0.717, 1.165) is 19.6 Å². The lowest BCUT2D eigenvalue weighted by Gasteiger charge is -2.33. The molecule has 7 amide bonds. The molecular weight excluding hydrogens is 1310 g/mol. The number of amides is 7. The number of nitrogens with zero attached hydrogens (tertiary/aromatic N) is 7. The molecule has 0 saturated heterocycles. The highest BCUT2D eigenvalue weighted by molar-refractivity contribution is 5.92. The number of benzene rings is 1. The number of carbonyl (C=O) groups excluding carboxylic acids is 7. The lowest BCUT2D eigenvalue weighted by atomic mass is 9.97. The Morgan fingerprint density at radius 1 is 0.408 bits per heavy atom. The van der Waals surface area contributed by atoms with Crippen LogP contribution in [0.1, 0.15) is 51.2 Å². The van der Waals surface area contributed by atoms with Crippen molar-refractivity contribution >= 4 is 101 Å². The van der Waals surface area contributed by atoms with Crippen LogP contribution in [0.4, 0.5) is 0 Å². The van der Waals surface area contributed by atoms with Gasteiger partial charge in [0.1, 0.15) is 24.2 Å². The Labute approximate surface area is 560 Å². The number of nitrogens with two attached hydrogens (primary N) is 1. The van der Waals surface area contributed by atoms with E-state index in [2.05, 4.69) is 31.9 Å². The molecule has 0 aliphatic carbocycles. The highest BCUT2D eigenvalue weighted by atomic mass is 16.4. The van der Waals surface area contributed by atoms with Crippen LogP contribution < -0.4 is 37.6 Å². The summed E-state index contributed by atoms with van der Waals surface area (Å²) in [4.78, 5) is 217. The molecule has 1 rings (SSSR count). The summed E-state index contributed by atoms with van der Waals surface area (Å²) in [5.41, 5.74) is 6.33. The van der Waals surface area contributed by atoms with Crippen molar-refractivity contribution in [3.05, 3.63) is 35.4 Å². The number of carbonyl (C=O) groups is 17. The minimum Gasteiger partial charge on any atom is -0.480 e. The van der Waals surface area contributed by atoms with E-state index in [1.54, 1.807) is 38.1 Å². The third-order valence-corrected chi connectivity index (χ3v) is 14.3. The molecule has 0 fully saturated rings. The zero-order chi connectivity index (χ0) is 74.4. The van der Waals surface area contributed by atoms with Gasteiger partial charge in [0.05, 0.1) is 72.0 Å². The quantitative estimate of drug-likeness (QED) is 0.0288. The summed E-state index contributed by atoms with van der Waals surface area (Å²) in [7, 11) is 0. The van der Waals surface area contributed by atoms with Gasteiger partial charge in [-0.3, -0.25) is 116 Å². The summed E-state index contributed by atoms with van der Waals surface area (Å²) in [6.07, 6.45) is 0.0454. The minimum absolute atomic E-state index is 0.0994. The lowest BCUT2D eigenvalue weighted by molar-refractivity contribution is -0.147. The van der Waals surface area contributed by atoms with Crippen LogP contribution in [0.3, 0.4) is 0 Å². The van der Waals surface area contributed by atoms with Gasteiger partial charge in [0.2, 0.25) is 41.4 Å². The molecule has 18 N–H and O–H groups in total. The zero-order valence-corrected chi connectivity index (χ0v) is 54.2. The van der Waals surface area contributed by atoms with Gasteiger partial charge in [-0.1, -0.05) is 44.5 Å². The van der Waals surface area contributed by atoms with Crippen molar-refractivity contribution in [2.24, 2.45) is 11.7 Å². The maximum atomic E-state index is 14.2. The van der Waals surface area contributed by atoms with Crippen LogP contribution >= 0.6 is 0 Å². The Hall–Kier alpha value is -10.1. The first-order valence-corrected chi connectivity index (χ1v) is 30.2. The van der Waals surface area contributed by atoms with Crippen molar-refractivity contribution in [1.82, 2.24) is 66.2 Å². The van der Waals surface area contributed by atoms with E-state index in [1.807, 2.05) is 0 Å². The number of hydrogen-bond donors (Lipinski definition) is 17. The topological polar surface area (TPSA) is 613 Å². The Morgan fingerprint density at radius 3 is 1.07 bits per heavy atom. The van der Waals surface area contributed by atoms with Gasteiger partial charge in [-0.15, -0.1) is 0 Å². The first kappa shape index (κ1) is 85.9. The van der Waals surface area contributed by atoms with E-state index in [9.17, 15) is 133 Å². The molecule has 0 aliphatic rings. The Balaban J connectivity index is 3.75. The van der Waals surface area contributed by atoms with Crippen LogP contribution in [0.5, 0.6) is 0 Å². The van der Waals surface area contributed by atoms with Gasteiger partial charge in [-0.25, -0.2) is 0 Å². The van der Waals surface area contributed by atoms with Gasteiger partial charge in [0.15, 0.2) is 0 Å². The molecule has 0 radical (unpaired) electrons. The highest BCUT2D eigenvalue weighted by Gasteiger charge is 2.35. The molecule has 0 aliphatic heterocycles. The first-order valence-electron chi connectivity index (χ1n) is 30.2. The summed E-state index contributed by atoms with van der Waals surface area (Å²) in [6.45, 7) is -10.8. The molecular formula is C57H88N14O27. The van der Waals surface area contributed by atoms with E-state index >= 15 is 0 Å². The van der Waals surface area contributed by atoms with E-state index < -0.39 is 250 Å². The summed E-state index contributed by atoms with van der Waals surface area (Å²) >= 11 is 0. The van der Waals surface area contributed by atoms with Crippen molar-refractivity contribution in [3.8, 4) is 0 Å². The fourth-order valence-electron chi connectivity index (χ4n) is 9.54. The van der Waals surface area contributed by atoms with Gasteiger partial charge in [-0.2, -0.15) is 0 Å². The average Bonchev–Trinajstić information content (AvgIpc) is 0.871. The summed E-state index contributed by atoms with van der Waals surface area (Å²) in [6, 6.07) is 0.412. The largest absolute Gasteiger partial charge is 0.480 e. The van der Waals surface area contributed by atoms with E-state index in [4.69, 9.17) is 5.73 Å². The number of primary amides is 1. The summed E-state index contributed by atoms with van der Waals surface area (Å²) < 4.78 is 0. The van der Waals surface area contributed by atoms with Crippen LogP contribution in [-0.4, -0.2) is 348 Å². The number of aliphatic carboxylic acids is 10. The molecule has 0 bridgehead atoms. The van der Waals surface area contributed by atoms with Crippen molar-refractivity contribution in [1.29, 1.82) is 0 Å². The Bertz CT molecular complexity index is 2760. The molecule has 41 nitrogen and oxygen atoms in total. The molecule has 0 heterocycles. The maximum Gasteiger partial charge on any atom is 0.317 e. The molecule has 548 valence electrons. The Morgan fingerprint density at radius 2 is 0.745 bits per heavy atom. The van der Waals surface area contributed by atoms with Crippen molar-refractivity contribution in [2.45, 2.75) is 77.3 Å². The van der Waals surface area contributed by atoms with E-state index in [1.165, 1.54) is 11.8 Å². The fraction of sp³-hybridized carbons (Fsp3) is 0.596. The van der Waals surface area contributed by atoms with Crippen LogP contribution in [-0.2, 0) is 94.6 Å². The van der Waals surface area contributed by atoms with E-state index in [0.29, 0.717) is 27.3 Å². The van der Waals surface area contributed by atoms with Crippen LogP contribution in [0.2, 0.25) is 0 Å². The number of carboxylic acids is 10. The van der Waals surface area contributed by atoms with Crippen molar-refractivity contribution < 1.29 is 133 Å². The fourth-order valence-corrected chi connectivity index (χ4v) is 9.54. The van der Waals surface area contributed by atoms with Gasteiger partial charge in [0.25, 0.3) is 0 Å². The van der Waals surface area contributed by atoms with Gasteiger partial charge in [-0.05, 0) is 23.5 Å². The normalized spacial score (nSPS) is 12.8. The predicted molar refractivity (Wildman–Crippen MR) is 333 cm³/mol. The Kier molecular flexibility index (Phi) is 39.8. The average molecular weight is 1400 g/mol. The van der Waals surface area contributed by atoms with Gasteiger partial charge in [0, 0.05) is 91.9 Å². The number of nitrogens with one attached hydrogen (secondary N) is 6. The molecule has 41 heteroatoms. The standard InChI is InChI=1S/C57H88N14O27/c1-4-34(2)53(63-35(3)72)57(98)64-38(9-10-41(58)73)54(95)62-20-37-7-5-36(6-8-37)19-61-42(74)23-65(13-11-59-55(96)39(70(30-49(87)88)31-50(89)90)21-66(24-43(75)76)15-17-68(26-45(79)80)27-46(81)82)14-12-60-56(97)40(71(32-51(91)92)33-52(93)94)22-67(25-44(77)78)16-18-69(28-47(83)84)29-48(85)86/h5-8,34,38-40,53H,4,9-33H2,1-3H3,(H2,58,73)(H,59,96)(H,60,97)(H,61,74)(H,62,95)(H,63,72)(H,64,98)(H,75,76)(H,77,78)(H,79,80)(H,81,82)(H,83,84)(H,85,86)(H,87,88)(H,89,90)(H,91,92)(H,93,94)/t34-,38+,39-,40-,53?/m1/s1. The number of carboxylic acid groups (broad SMARTS) is 10. The van der Waals surface area contributed by atoms with Gasteiger partial charge >= 0.3 is 59.7 Å². The predicted octanol–water partition coefficient (Wildman–Crippen LogP) is -7.85. The van der Waals surface area contributed by atoms with Crippen LogP contribution in [0, 0.1) is 5.92 Å².